The molecule has 5 heteroatoms. The van der Waals surface area contributed by atoms with Gasteiger partial charge in [-0.05, 0) is 17.7 Å². The van der Waals surface area contributed by atoms with Crippen LogP contribution in [0.3, 0.4) is 0 Å². The summed E-state index contributed by atoms with van der Waals surface area (Å²) in [5.74, 6) is -1.22. The lowest BCUT2D eigenvalue weighted by molar-refractivity contribution is 0.0951. The molecule has 0 saturated heterocycles. The second-order valence-electron chi connectivity index (χ2n) is 6.92. The molecule has 0 radical (unpaired) electrons. The topological polar surface area (TPSA) is 64.3 Å². The molecule has 1 aliphatic carbocycles. The summed E-state index contributed by atoms with van der Waals surface area (Å²) in [6.07, 6.45) is 0. The van der Waals surface area contributed by atoms with Gasteiger partial charge in [-0.3, -0.25) is 14.4 Å². The number of benzene rings is 3. The molecule has 30 heavy (non-hydrogen) atoms. The van der Waals surface area contributed by atoms with Crippen LogP contribution in [0.25, 0.3) is 11.1 Å². The number of hydrogen-bond donors (Lipinski definition) is 0. The van der Waals surface area contributed by atoms with Crippen molar-refractivity contribution in [1.29, 1.82) is 0 Å². The summed E-state index contributed by atoms with van der Waals surface area (Å²) < 4.78 is 6.59. The Balaban J connectivity index is 1.80. The smallest absolute Gasteiger partial charge is 0.229 e. The first-order valence-electron chi connectivity index (χ1n) is 9.27. The zero-order valence-electron chi connectivity index (χ0n) is 15.5. The predicted molar refractivity (Wildman–Crippen MR) is 115 cm³/mol. The van der Waals surface area contributed by atoms with Crippen molar-refractivity contribution in [2.75, 3.05) is 0 Å². The average molecular weight is 457 g/mol. The fourth-order valence-corrected chi connectivity index (χ4v) is 4.14. The van der Waals surface area contributed by atoms with Crippen LogP contribution in [0.1, 0.15) is 48.2 Å². The molecule has 0 saturated carbocycles. The van der Waals surface area contributed by atoms with E-state index in [1.807, 2.05) is 24.3 Å². The fraction of sp³-hybridized carbons (Fsp3) is 0. The lowest BCUT2D eigenvalue weighted by Crippen LogP contribution is -2.19. The van der Waals surface area contributed by atoms with Crippen LogP contribution in [0.5, 0.6) is 0 Å². The van der Waals surface area contributed by atoms with Crippen LogP contribution in [0.15, 0.2) is 87.8 Å². The molecule has 0 atom stereocenters. The minimum atomic E-state index is -0.398. The van der Waals surface area contributed by atoms with Crippen LogP contribution in [-0.4, -0.2) is 17.3 Å². The van der Waals surface area contributed by atoms with Crippen LogP contribution >= 0.6 is 15.9 Å². The van der Waals surface area contributed by atoms with Gasteiger partial charge < -0.3 is 4.42 Å². The number of hydrogen-bond acceptors (Lipinski definition) is 4. The van der Waals surface area contributed by atoms with Crippen LogP contribution in [0.2, 0.25) is 0 Å². The van der Waals surface area contributed by atoms with E-state index in [4.69, 9.17) is 4.42 Å². The molecule has 0 unspecified atom stereocenters. The Labute approximate surface area is 180 Å². The molecular weight excluding hydrogens is 444 g/mol. The quantitative estimate of drug-likeness (QED) is 0.326. The number of halogens is 1. The Bertz CT molecular complexity index is 1350. The molecule has 0 aliphatic heterocycles. The molecule has 1 aromatic heterocycles. The second-order valence-corrected chi connectivity index (χ2v) is 7.84. The summed E-state index contributed by atoms with van der Waals surface area (Å²) >= 11 is 3.37. The van der Waals surface area contributed by atoms with Crippen molar-refractivity contribution in [1.82, 2.24) is 0 Å². The maximum Gasteiger partial charge on any atom is 0.229 e. The number of rotatable bonds is 3. The van der Waals surface area contributed by atoms with Crippen molar-refractivity contribution in [3.05, 3.63) is 117 Å². The van der Waals surface area contributed by atoms with Gasteiger partial charge >= 0.3 is 0 Å². The number of carbonyl (C=O) groups excluding carboxylic acids is 3. The third kappa shape index (κ3) is 2.78. The van der Waals surface area contributed by atoms with Crippen LogP contribution in [-0.2, 0) is 0 Å². The average Bonchev–Trinajstić information content (AvgIpc) is 3.19. The summed E-state index contributed by atoms with van der Waals surface area (Å²) in [7, 11) is 0. The number of ketones is 3. The Morgan fingerprint density at radius 1 is 0.733 bits per heavy atom. The van der Waals surface area contributed by atoms with Gasteiger partial charge in [0.2, 0.25) is 11.6 Å². The lowest BCUT2D eigenvalue weighted by Gasteiger charge is -2.13. The Morgan fingerprint density at radius 3 is 2.10 bits per heavy atom. The standard InChI is InChI=1S/C25H13BrO4/c26-16-10-6-9-15(13-16)21(27)24-19(14-7-2-1-3-8-14)20-22(28)17-11-4-5-12-18(17)23(29)25(20)30-24/h1-13H. The maximum absolute atomic E-state index is 13.4. The van der Waals surface area contributed by atoms with Crippen LogP contribution < -0.4 is 0 Å². The van der Waals surface area contributed by atoms with Gasteiger partial charge in [0.25, 0.3) is 0 Å². The highest BCUT2D eigenvalue weighted by Crippen LogP contribution is 2.40. The van der Waals surface area contributed by atoms with Gasteiger partial charge in [-0.15, -0.1) is 0 Å². The third-order valence-electron chi connectivity index (χ3n) is 5.11. The Kier molecular flexibility index (Phi) is 4.33. The first-order chi connectivity index (χ1) is 14.6. The van der Waals surface area contributed by atoms with E-state index in [1.165, 1.54) is 0 Å². The summed E-state index contributed by atoms with van der Waals surface area (Å²) in [4.78, 5) is 39.8. The van der Waals surface area contributed by atoms with Crippen molar-refractivity contribution < 1.29 is 18.8 Å². The van der Waals surface area contributed by atoms with Crippen LogP contribution in [0.4, 0.5) is 0 Å². The fourth-order valence-electron chi connectivity index (χ4n) is 3.74. The van der Waals surface area contributed by atoms with Crippen molar-refractivity contribution in [3.63, 3.8) is 0 Å². The van der Waals surface area contributed by atoms with Gasteiger partial charge in [-0.2, -0.15) is 0 Å². The Morgan fingerprint density at radius 2 is 1.40 bits per heavy atom. The van der Waals surface area contributed by atoms with Gasteiger partial charge in [0.05, 0.1) is 5.56 Å². The first kappa shape index (κ1) is 18.5. The van der Waals surface area contributed by atoms with E-state index in [-0.39, 0.29) is 28.4 Å². The molecule has 5 rings (SSSR count). The first-order valence-corrected chi connectivity index (χ1v) is 10.1. The molecule has 4 aromatic rings. The molecular formula is C25H13BrO4. The molecule has 0 spiro atoms. The highest BCUT2D eigenvalue weighted by atomic mass is 79.9. The number of fused-ring (bicyclic) bond motifs is 2. The molecule has 0 bridgehead atoms. The zero-order chi connectivity index (χ0) is 20.8. The van der Waals surface area contributed by atoms with E-state index in [9.17, 15) is 14.4 Å². The Hall–Kier alpha value is -3.57. The normalized spacial score (nSPS) is 12.4. The molecule has 4 nitrogen and oxygen atoms in total. The molecule has 1 aliphatic rings. The largest absolute Gasteiger partial charge is 0.448 e. The summed E-state index contributed by atoms with van der Waals surface area (Å²) in [6.45, 7) is 0. The summed E-state index contributed by atoms with van der Waals surface area (Å²) in [5, 5.41) is 0. The number of furan rings is 1. The van der Waals surface area contributed by atoms with Crippen molar-refractivity contribution >= 4 is 33.3 Å². The zero-order valence-corrected chi connectivity index (χ0v) is 17.1. The lowest BCUT2D eigenvalue weighted by atomic mass is 9.84. The van der Waals surface area contributed by atoms with Crippen molar-refractivity contribution in [2.45, 2.75) is 0 Å². The summed E-state index contributed by atoms with van der Waals surface area (Å²) in [6, 6.07) is 22.6. The van der Waals surface area contributed by atoms with Gasteiger partial charge in [-0.25, -0.2) is 0 Å². The highest BCUT2D eigenvalue weighted by Gasteiger charge is 2.39. The predicted octanol–water partition coefficient (Wildman–Crippen LogP) is 5.72. The van der Waals surface area contributed by atoms with E-state index in [0.29, 0.717) is 22.3 Å². The molecule has 1 heterocycles. The van der Waals surface area contributed by atoms with Gasteiger partial charge in [0, 0.05) is 26.7 Å². The minimum Gasteiger partial charge on any atom is -0.448 e. The monoisotopic (exact) mass is 456 g/mol. The van der Waals surface area contributed by atoms with E-state index >= 15 is 0 Å². The SMILES string of the molecule is O=C1c2ccccc2C(=O)c2c1oc(C(=O)c1cccc(Br)c1)c2-c1ccccc1. The molecule has 144 valence electrons. The maximum atomic E-state index is 13.4. The van der Waals surface area contributed by atoms with Crippen molar-refractivity contribution in [2.24, 2.45) is 0 Å². The molecule has 3 aromatic carbocycles. The minimum absolute atomic E-state index is 0.0150. The van der Waals surface area contributed by atoms with E-state index in [0.717, 1.165) is 4.47 Å². The van der Waals surface area contributed by atoms with E-state index < -0.39 is 11.6 Å². The molecule has 0 fully saturated rings. The molecule has 0 amide bonds. The summed E-state index contributed by atoms with van der Waals surface area (Å²) in [5.41, 5.74) is 2.12. The molecule has 0 N–H and O–H groups in total. The highest BCUT2D eigenvalue weighted by molar-refractivity contribution is 9.10. The van der Waals surface area contributed by atoms with E-state index in [2.05, 4.69) is 15.9 Å². The van der Waals surface area contributed by atoms with Crippen LogP contribution in [0, 0.1) is 0 Å². The van der Waals surface area contributed by atoms with Gasteiger partial charge in [-0.1, -0.05) is 82.7 Å². The van der Waals surface area contributed by atoms with Gasteiger partial charge in [0.1, 0.15) is 0 Å². The third-order valence-corrected chi connectivity index (χ3v) is 5.61. The van der Waals surface area contributed by atoms with Gasteiger partial charge in [0.15, 0.2) is 17.3 Å². The number of carbonyl (C=O) groups is 3. The second kappa shape index (κ2) is 7.04. The van der Waals surface area contributed by atoms with Crippen molar-refractivity contribution in [3.8, 4) is 11.1 Å². The van der Waals surface area contributed by atoms with E-state index in [1.54, 1.807) is 54.6 Å².